The van der Waals surface area contributed by atoms with Crippen molar-refractivity contribution in [2.24, 2.45) is 5.92 Å². The maximum atomic E-state index is 13.6. The van der Waals surface area contributed by atoms with Crippen LogP contribution in [0.25, 0.3) is 5.76 Å². The Morgan fingerprint density at radius 2 is 1.68 bits per heavy atom. The van der Waals surface area contributed by atoms with Crippen molar-refractivity contribution in [3.05, 3.63) is 95.1 Å². The van der Waals surface area contributed by atoms with Crippen LogP contribution in [0.2, 0.25) is 0 Å². The summed E-state index contributed by atoms with van der Waals surface area (Å²) in [5.74, 6) is -1.22. The molecule has 7 nitrogen and oxygen atoms in total. The zero-order valence-electron chi connectivity index (χ0n) is 23.8. The zero-order valence-corrected chi connectivity index (χ0v) is 23.8. The van der Waals surface area contributed by atoms with Crippen molar-refractivity contribution < 1.29 is 24.2 Å². The van der Waals surface area contributed by atoms with Crippen molar-refractivity contribution in [2.75, 3.05) is 16.8 Å². The average Bonchev–Trinajstić information content (AvgIpc) is 3.16. The molecule has 1 atom stereocenters. The second kappa shape index (κ2) is 11.4. The number of rotatable bonds is 7. The number of aliphatic hydroxyl groups excluding tert-OH is 1. The lowest BCUT2D eigenvalue weighted by atomic mass is 9.85. The Morgan fingerprint density at radius 1 is 1.00 bits per heavy atom. The van der Waals surface area contributed by atoms with Crippen molar-refractivity contribution in [3.8, 4) is 5.75 Å². The number of anilines is 2. The molecule has 40 heavy (non-hydrogen) atoms. The van der Waals surface area contributed by atoms with Gasteiger partial charge in [-0.1, -0.05) is 77.1 Å². The fraction of sp³-hybridized carbons (Fsp3) is 0.303. The predicted molar refractivity (Wildman–Crippen MR) is 157 cm³/mol. The van der Waals surface area contributed by atoms with Crippen LogP contribution < -0.4 is 15.0 Å². The summed E-state index contributed by atoms with van der Waals surface area (Å²) in [6, 6.07) is 20.5. The molecule has 0 saturated carbocycles. The molecule has 1 unspecified atom stereocenters. The van der Waals surface area contributed by atoms with E-state index in [-0.39, 0.29) is 22.7 Å². The molecule has 3 aromatic rings. The molecule has 1 fully saturated rings. The Kier molecular flexibility index (Phi) is 8.14. The number of nitrogens with zero attached hydrogens (tertiary/aromatic N) is 1. The molecule has 0 radical (unpaired) electrons. The minimum Gasteiger partial charge on any atom is -0.507 e. The van der Waals surface area contributed by atoms with Crippen molar-refractivity contribution in [2.45, 2.75) is 53.0 Å². The fourth-order valence-corrected chi connectivity index (χ4v) is 4.67. The molecule has 208 valence electrons. The van der Waals surface area contributed by atoms with E-state index in [1.807, 2.05) is 38.1 Å². The molecule has 0 aliphatic carbocycles. The van der Waals surface area contributed by atoms with E-state index >= 15 is 0 Å². The largest absolute Gasteiger partial charge is 0.507 e. The second-order valence-electron chi connectivity index (χ2n) is 11.5. The van der Waals surface area contributed by atoms with E-state index in [0.29, 0.717) is 40.8 Å². The topological polar surface area (TPSA) is 95.9 Å². The number of aliphatic hydroxyl groups is 1. The highest BCUT2D eigenvalue weighted by Gasteiger charge is 2.47. The van der Waals surface area contributed by atoms with Gasteiger partial charge in [0.1, 0.15) is 11.5 Å². The van der Waals surface area contributed by atoms with Gasteiger partial charge in [-0.25, -0.2) is 0 Å². The number of ketones is 1. The van der Waals surface area contributed by atoms with E-state index in [1.54, 1.807) is 48.5 Å². The van der Waals surface area contributed by atoms with Gasteiger partial charge in [0.05, 0.1) is 18.2 Å². The third-order valence-corrected chi connectivity index (χ3v) is 6.67. The van der Waals surface area contributed by atoms with E-state index in [9.17, 15) is 19.5 Å². The summed E-state index contributed by atoms with van der Waals surface area (Å²) in [6.45, 7) is 12.3. The number of hydrogen-bond donors (Lipinski definition) is 2. The normalized spacial score (nSPS) is 16.9. The van der Waals surface area contributed by atoms with Crippen molar-refractivity contribution >= 4 is 34.7 Å². The average molecular weight is 541 g/mol. The number of hydrogen-bond acceptors (Lipinski definition) is 5. The van der Waals surface area contributed by atoms with Crippen LogP contribution in [0.4, 0.5) is 11.4 Å². The lowest BCUT2D eigenvalue weighted by molar-refractivity contribution is -0.132. The third kappa shape index (κ3) is 6.09. The SMILES string of the molecule is CC(=O)Nc1cccc(N2C(=O)C(=O)/C(=C(/O)c3cccc(OCC(C)C)c3)C2c2ccc(C(C)(C)C)cc2)c1. The van der Waals surface area contributed by atoms with Crippen LogP contribution in [0.15, 0.2) is 78.4 Å². The molecule has 2 N–H and O–H groups in total. The second-order valence-corrected chi connectivity index (χ2v) is 11.5. The van der Waals surface area contributed by atoms with E-state index < -0.39 is 17.7 Å². The molecule has 0 bridgehead atoms. The molecule has 7 heteroatoms. The lowest BCUT2D eigenvalue weighted by Gasteiger charge is -2.27. The molecule has 2 amide bonds. The van der Waals surface area contributed by atoms with Crippen molar-refractivity contribution in [1.29, 1.82) is 0 Å². The minimum absolute atomic E-state index is 0.0144. The monoisotopic (exact) mass is 540 g/mol. The minimum atomic E-state index is -0.887. The third-order valence-electron chi connectivity index (χ3n) is 6.67. The van der Waals surface area contributed by atoms with E-state index in [2.05, 4.69) is 26.1 Å². The highest BCUT2D eigenvalue weighted by Crippen LogP contribution is 2.43. The number of ether oxygens (including phenoxy) is 1. The summed E-state index contributed by atoms with van der Waals surface area (Å²) in [5.41, 5.74) is 2.95. The van der Waals surface area contributed by atoms with Gasteiger partial charge < -0.3 is 15.2 Å². The molecular formula is C33H36N2O5. The Bertz CT molecular complexity index is 1460. The molecule has 1 aliphatic rings. The standard InChI is InChI=1S/C33H36N2O5/c1-20(2)19-40-27-12-7-9-23(17-27)30(37)28-29(22-13-15-24(16-14-22)33(4,5)6)35(32(39)31(28)38)26-11-8-10-25(18-26)34-21(3)36/h7-18,20,29,37H,19H2,1-6H3,(H,34,36)/b30-28+. The number of amides is 2. The van der Waals surface area contributed by atoms with Crippen molar-refractivity contribution in [3.63, 3.8) is 0 Å². The summed E-state index contributed by atoms with van der Waals surface area (Å²) < 4.78 is 5.83. The van der Waals surface area contributed by atoms with E-state index in [1.165, 1.54) is 11.8 Å². The zero-order chi connectivity index (χ0) is 29.2. The first-order valence-corrected chi connectivity index (χ1v) is 13.4. The van der Waals surface area contributed by atoms with Crippen LogP contribution in [0, 0.1) is 5.92 Å². The van der Waals surface area contributed by atoms with E-state index in [4.69, 9.17) is 4.74 Å². The number of carbonyl (C=O) groups is 3. The fourth-order valence-electron chi connectivity index (χ4n) is 4.67. The lowest BCUT2D eigenvalue weighted by Crippen LogP contribution is -2.29. The first-order valence-electron chi connectivity index (χ1n) is 13.4. The van der Waals surface area contributed by atoms with Crippen molar-refractivity contribution in [1.82, 2.24) is 0 Å². The molecule has 1 heterocycles. The van der Waals surface area contributed by atoms with E-state index in [0.717, 1.165) is 5.56 Å². The van der Waals surface area contributed by atoms with Gasteiger partial charge in [-0.05, 0) is 52.8 Å². The van der Waals surface area contributed by atoms with Gasteiger partial charge >= 0.3 is 0 Å². The molecule has 0 aromatic heterocycles. The number of Topliss-reactive ketones (excluding diaryl/α,β-unsaturated/α-hetero) is 1. The Balaban J connectivity index is 1.87. The van der Waals surface area contributed by atoms with Crippen LogP contribution in [-0.2, 0) is 19.8 Å². The first kappa shape index (κ1) is 28.6. The number of nitrogens with one attached hydrogen (secondary N) is 1. The van der Waals surface area contributed by atoms with Crippen LogP contribution in [0.5, 0.6) is 5.75 Å². The van der Waals surface area contributed by atoms with Gasteiger partial charge in [0.15, 0.2) is 0 Å². The van der Waals surface area contributed by atoms with Gasteiger partial charge in [0, 0.05) is 23.9 Å². The maximum absolute atomic E-state index is 13.6. The van der Waals surface area contributed by atoms with Gasteiger partial charge in [0.25, 0.3) is 11.7 Å². The Hall–Kier alpha value is -4.39. The molecule has 4 rings (SSSR count). The van der Waals surface area contributed by atoms with Gasteiger partial charge in [-0.15, -0.1) is 0 Å². The summed E-state index contributed by atoms with van der Waals surface area (Å²) >= 11 is 0. The number of carbonyl (C=O) groups excluding carboxylic acids is 3. The highest BCUT2D eigenvalue weighted by atomic mass is 16.5. The molecule has 3 aromatic carbocycles. The first-order chi connectivity index (χ1) is 18.9. The summed E-state index contributed by atoms with van der Waals surface area (Å²) in [5, 5.41) is 14.3. The van der Waals surface area contributed by atoms with Crippen LogP contribution in [0.1, 0.15) is 64.3 Å². The van der Waals surface area contributed by atoms with Crippen LogP contribution in [-0.4, -0.2) is 29.3 Å². The van der Waals surface area contributed by atoms with Crippen LogP contribution in [0.3, 0.4) is 0 Å². The maximum Gasteiger partial charge on any atom is 0.300 e. The Labute approximate surface area is 235 Å². The van der Waals surface area contributed by atoms with Gasteiger partial charge in [-0.3, -0.25) is 19.3 Å². The smallest absolute Gasteiger partial charge is 0.300 e. The van der Waals surface area contributed by atoms with Crippen LogP contribution >= 0.6 is 0 Å². The molecule has 1 saturated heterocycles. The summed E-state index contributed by atoms with van der Waals surface area (Å²) in [7, 11) is 0. The quantitative estimate of drug-likeness (QED) is 0.200. The molecular weight excluding hydrogens is 504 g/mol. The summed E-state index contributed by atoms with van der Waals surface area (Å²) in [4.78, 5) is 40.2. The number of benzene rings is 3. The Morgan fingerprint density at radius 3 is 2.30 bits per heavy atom. The van der Waals surface area contributed by atoms with Gasteiger partial charge in [-0.2, -0.15) is 0 Å². The predicted octanol–water partition coefficient (Wildman–Crippen LogP) is 6.60. The molecule has 0 spiro atoms. The molecule has 1 aliphatic heterocycles. The summed E-state index contributed by atoms with van der Waals surface area (Å²) in [6.07, 6.45) is 0. The van der Waals surface area contributed by atoms with Gasteiger partial charge in [0.2, 0.25) is 5.91 Å². The highest BCUT2D eigenvalue weighted by molar-refractivity contribution is 6.51.